The molecule has 1 N–H and O–H groups in total. The van der Waals surface area contributed by atoms with Crippen molar-refractivity contribution in [1.29, 1.82) is 0 Å². The average Bonchev–Trinajstić information content (AvgIpc) is 2.96. The molecular weight excluding hydrogens is 319 g/mol. The standard InChI is InChI=1S/C20H19FN2O2/c1-3-4-17-18(20(24)25)19(14-7-9-15(21)10-8-14)22-23(17)16-11-5-13(2)6-12-16/h5-12H,3-4H2,1-2H3,(H,24,25). The normalized spacial score (nSPS) is 10.8. The van der Waals surface area contributed by atoms with E-state index in [0.29, 0.717) is 23.4 Å². The van der Waals surface area contributed by atoms with Gasteiger partial charge in [-0.15, -0.1) is 0 Å². The van der Waals surface area contributed by atoms with Crippen LogP contribution in [0.15, 0.2) is 48.5 Å². The highest BCUT2D eigenvalue weighted by Gasteiger charge is 2.24. The number of rotatable bonds is 5. The van der Waals surface area contributed by atoms with Crippen LogP contribution in [-0.4, -0.2) is 20.9 Å². The molecule has 128 valence electrons. The summed E-state index contributed by atoms with van der Waals surface area (Å²) < 4.78 is 14.9. The van der Waals surface area contributed by atoms with Gasteiger partial charge in [-0.05, 0) is 49.7 Å². The van der Waals surface area contributed by atoms with Crippen molar-refractivity contribution in [3.05, 3.63) is 71.2 Å². The van der Waals surface area contributed by atoms with Crippen LogP contribution in [0.5, 0.6) is 0 Å². The molecule has 0 unspecified atom stereocenters. The Morgan fingerprint density at radius 2 is 1.76 bits per heavy atom. The maximum Gasteiger partial charge on any atom is 0.339 e. The molecule has 0 atom stereocenters. The Bertz CT molecular complexity index is 897. The Kier molecular flexibility index (Phi) is 4.65. The van der Waals surface area contributed by atoms with Gasteiger partial charge in [-0.1, -0.05) is 31.0 Å². The Hall–Kier alpha value is -2.95. The second-order valence-corrected chi connectivity index (χ2v) is 5.98. The molecule has 4 nitrogen and oxygen atoms in total. The number of benzene rings is 2. The van der Waals surface area contributed by atoms with Gasteiger partial charge in [0.2, 0.25) is 0 Å². The third kappa shape index (κ3) is 3.31. The van der Waals surface area contributed by atoms with Gasteiger partial charge in [0.05, 0.1) is 11.4 Å². The molecule has 3 rings (SSSR count). The van der Waals surface area contributed by atoms with E-state index in [1.807, 2.05) is 38.1 Å². The van der Waals surface area contributed by atoms with Gasteiger partial charge in [0.15, 0.2) is 0 Å². The number of aromatic nitrogens is 2. The van der Waals surface area contributed by atoms with E-state index >= 15 is 0 Å². The zero-order valence-electron chi connectivity index (χ0n) is 14.2. The van der Waals surface area contributed by atoms with Gasteiger partial charge in [0, 0.05) is 5.56 Å². The summed E-state index contributed by atoms with van der Waals surface area (Å²) in [5.74, 6) is -1.39. The smallest absolute Gasteiger partial charge is 0.339 e. The lowest BCUT2D eigenvalue weighted by molar-refractivity contribution is 0.0696. The zero-order chi connectivity index (χ0) is 18.0. The van der Waals surface area contributed by atoms with Crippen LogP contribution < -0.4 is 0 Å². The average molecular weight is 338 g/mol. The van der Waals surface area contributed by atoms with Crippen LogP contribution in [0.25, 0.3) is 16.9 Å². The van der Waals surface area contributed by atoms with Crippen molar-refractivity contribution < 1.29 is 14.3 Å². The van der Waals surface area contributed by atoms with Crippen LogP contribution in [-0.2, 0) is 6.42 Å². The van der Waals surface area contributed by atoms with Crippen molar-refractivity contribution in [3.8, 4) is 16.9 Å². The summed E-state index contributed by atoms with van der Waals surface area (Å²) in [6.45, 7) is 3.99. The fraction of sp³-hybridized carbons (Fsp3) is 0.200. The summed E-state index contributed by atoms with van der Waals surface area (Å²) in [6.07, 6.45) is 1.38. The maximum absolute atomic E-state index is 13.2. The first kappa shape index (κ1) is 16.9. The Labute approximate surface area is 145 Å². The predicted molar refractivity (Wildman–Crippen MR) is 94.6 cm³/mol. The lowest BCUT2D eigenvalue weighted by atomic mass is 10.0. The van der Waals surface area contributed by atoms with E-state index in [9.17, 15) is 14.3 Å². The molecule has 0 aliphatic heterocycles. The lowest BCUT2D eigenvalue weighted by Gasteiger charge is -2.07. The van der Waals surface area contributed by atoms with Crippen molar-refractivity contribution in [1.82, 2.24) is 9.78 Å². The first-order chi connectivity index (χ1) is 12.0. The van der Waals surface area contributed by atoms with Gasteiger partial charge in [0.1, 0.15) is 17.1 Å². The summed E-state index contributed by atoms with van der Waals surface area (Å²) in [6, 6.07) is 13.5. The molecule has 0 saturated heterocycles. The molecular formula is C20H19FN2O2. The molecule has 0 aliphatic carbocycles. The van der Waals surface area contributed by atoms with Gasteiger partial charge < -0.3 is 5.11 Å². The Morgan fingerprint density at radius 3 is 2.32 bits per heavy atom. The monoisotopic (exact) mass is 338 g/mol. The van der Waals surface area contributed by atoms with Crippen molar-refractivity contribution >= 4 is 5.97 Å². The molecule has 3 aromatic rings. The van der Waals surface area contributed by atoms with E-state index in [4.69, 9.17) is 0 Å². The Balaban J connectivity index is 2.24. The van der Waals surface area contributed by atoms with Crippen LogP contribution >= 0.6 is 0 Å². The van der Waals surface area contributed by atoms with Crippen molar-refractivity contribution in [2.24, 2.45) is 0 Å². The van der Waals surface area contributed by atoms with Crippen LogP contribution in [0.4, 0.5) is 4.39 Å². The van der Waals surface area contributed by atoms with Gasteiger partial charge in [0.25, 0.3) is 0 Å². The van der Waals surface area contributed by atoms with Crippen molar-refractivity contribution in [3.63, 3.8) is 0 Å². The van der Waals surface area contributed by atoms with E-state index in [1.165, 1.54) is 12.1 Å². The Morgan fingerprint density at radius 1 is 1.12 bits per heavy atom. The molecule has 5 heteroatoms. The molecule has 0 radical (unpaired) electrons. The second kappa shape index (κ2) is 6.89. The summed E-state index contributed by atoms with van der Waals surface area (Å²) >= 11 is 0. The summed E-state index contributed by atoms with van der Waals surface area (Å²) in [5, 5.41) is 14.3. The first-order valence-electron chi connectivity index (χ1n) is 8.19. The number of carbonyl (C=O) groups is 1. The number of hydrogen-bond donors (Lipinski definition) is 1. The van der Waals surface area contributed by atoms with Crippen LogP contribution in [0.3, 0.4) is 0 Å². The summed E-state index contributed by atoms with van der Waals surface area (Å²) in [4.78, 5) is 11.9. The molecule has 2 aromatic carbocycles. The van der Waals surface area contributed by atoms with E-state index in [1.54, 1.807) is 16.8 Å². The highest BCUT2D eigenvalue weighted by atomic mass is 19.1. The number of carboxylic acid groups (broad SMARTS) is 1. The lowest BCUT2D eigenvalue weighted by Crippen LogP contribution is -2.06. The second-order valence-electron chi connectivity index (χ2n) is 5.98. The predicted octanol–water partition coefficient (Wildman–Crippen LogP) is 4.64. The van der Waals surface area contributed by atoms with E-state index in [2.05, 4.69) is 5.10 Å². The molecule has 0 fully saturated rings. The minimum absolute atomic E-state index is 0.175. The highest BCUT2D eigenvalue weighted by molar-refractivity contribution is 5.96. The first-order valence-corrected chi connectivity index (χ1v) is 8.19. The number of halogens is 1. The third-order valence-corrected chi connectivity index (χ3v) is 4.08. The number of aryl methyl sites for hydroxylation is 1. The van der Waals surface area contributed by atoms with Gasteiger partial charge in [-0.2, -0.15) is 5.10 Å². The number of carboxylic acids is 1. The number of nitrogens with zero attached hydrogens (tertiary/aromatic N) is 2. The molecule has 25 heavy (non-hydrogen) atoms. The zero-order valence-corrected chi connectivity index (χ0v) is 14.2. The summed E-state index contributed by atoms with van der Waals surface area (Å²) in [5.41, 5.74) is 3.70. The van der Waals surface area contributed by atoms with Gasteiger partial charge in [-0.25, -0.2) is 13.9 Å². The molecule has 0 amide bonds. The molecule has 0 saturated carbocycles. The van der Waals surface area contributed by atoms with Crippen molar-refractivity contribution in [2.75, 3.05) is 0 Å². The minimum atomic E-state index is -1.03. The maximum atomic E-state index is 13.2. The largest absolute Gasteiger partial charge is 0.478 e. The number of aromatic carboxylic acids is 1. The quantitative estimate of drug-likeness (QED) is 0.737. The number of hydrogen-bond acceptors (Lipinski definition) is 2. The van der Waals surface area contributed by atoms with Crippen LogP contribution in [0, 0.1) is 12.7 Å². The van der Waals surface area contributed by atoms with Crippen LogP contribution in [0.2, 0.25) is 0 Å². The minimum Gasteiger partial charge on any atom is -0.478 e. The SMILES string of the molecule is CCCc1c(C(=O)O)c(-c2ccc(F)cc2)nn1-c1ccc(C)cc1. The highest BCUT2D eigenvalue weighted by Crippen LogP contribution is 2.29. The van der Waals surface area contributed by atoms with Gasteiger partial charge in [-0.3, -0.25) is 0 Å². The van der Waals surface area contributed by atoms with E-state index < -0.39 is 5.97 Å². The molecule has 0 bridgehead atoms. The molecule has 1 heterocycles. The molecule has 1 aromatic heterocycles. The summed E-state index contributed by atoms with van der Waals surface area (Å²) in [7, 11) is 0. The van der Waals surface area contributed by atoms with Crippen molar-refractivity contribution in [2.45, 2.75) is 26.7 Å². The van der Waals surface area contributed by atoms with Gasteiger partial charge >= 0.3 is 5.97 Å². The van der Waals surface area contributed by atoms with Crippen LogP contribution in [0.1, 0.15) is 35.0 Å². The molecule has 0 aliphatic rings. The fourth-order valence-corrected chi connectivity index (χ4v) is 2.85. The fourth-order valence-electron chi connectivity index (χ4n) is 2.85. The third-order valence-electron chi connectivity index (χ3n) is 4.08. The topological polar surface area (TPSA) is 55.1 Å². The van der Waals surface area contributed by atoms with E-state index in [-0.39, 0.29) is 11.4 Å². The van der Waals surface area contributed by atoms with E-state index in [0.717, 1.165) is 17.7 Å². The molecule has 0 spiro atoms.